The number of rotatable bonds is 13. The first-order valence-corrected chi connectivity index (χ1v) is 11.8. The quantitative estimate of drug-likeness (QED) is 0.297. The van der Waals surface area contributed by atoms with Gasteiger partial charge >= 0.3 is 0 Å². The molecule has 0 bridgehead atoms. The minimum absolute atomic E-state index is 0.975. The maximum absolute atomic E-state index is 4.76. The summed E-state index contributed by atoms with van der Waals surface area (Å²) >= 11 is 2.00. The summed E-state index contributed by atoms with van der Waals surface area (Å²) in [5.74, 6) is 1.20. The van der Waals surface area contributed by atoms with E-state index in [1.807, 2.05) is 11.9 Å². The van der Waals surface area contributed by atoms with Gasteiger partial charge in [-0.05, 0) is 61.6 Å². The van der Waals surface area contributed by atoms with Crippen LogP contribution in [0.4, 0.5) is 0 Å². The van der Waals surface area contributed by atoms with Crippen LogP contribution in [-0.2, 0) is 12.8 Å². The molecule has 0 saturated heterocycles. The first-order valence-electron chi connectivity index (χ1n) is 10.8. The van der Waals surface area contributed by atoms with E-state index >= 15 is 0 Å². The minimum atomic E-state index is 0.975. The predicted molar refractivity (Wildman–Crippen MR) is 119 cm³/mol. The zero-order valence-electron chi connectivity index (χ0n) is 17.2. The molecule has 1 aromatic rings. The highest BCUT2D eigenvalue weighted by Crippen LogP contribution is 2.25. The van der Waals surface area contributed by atoms with Gasteiger partial charge in [-0.15, -0.1) is 0 Å². The summed E-state index contributed by atoms with van der Waals surface area (Å²) in [4.78, 5) is 4.76. The fourth-order valence-corrected chi connectivity index (χ4v) is 4.67. The van der Waals surface area contributed by atoms with Crippen LogP contribution in [0.25, 0.3) is 0 Å². The molecule has 0 atom stereocenters. The van der Waals surface area contributed by atoms with Gasteiger partial charge in [0, 0.05) is 31.1 Å². The van der Waals surface area contributed by atoms with E-state index < -0.39 is 0 Å². The van der Waals surface area contributed by atoms with Crippen LogP contribution in [0.2, 0.25) is 0 Å². The lowest BCUT2D eigenvalue weighted by molar-refractivity contribution is 0.444. The summed E-state index contributed by atoms with van der Waals surface area (Å²) in [6.45, 7) is 10.2. The Morgan fingerprint density at radius 1 is 0.962 bits per heavy atom. The number of hydrogen-bond donors (Lipinski definition) is 0. The van der Waals surface area contributed by atoms with E-state index in [2.05, 4.69) is 43.3 Å². The molecule has 0 heterocycles. The first kappa shape index (κ1) is 21.5. The van der Waals surface area contributed by atoms with Gasteiger partial charge in [-0.25, -0.2) is 0 Å². The Balaban J connectivity index is 1.68. The second-order valence-electron chi connectivity index (χ2n) is 7.33. The van der Waals surface area contributed by atoms with E-state index in [9.17, 15) is 0 Å². The molecule has 0 amide bonds. The largest absolute Gasteiger partial charge is 0.289 e. The van der Waals surface area contributed by atoms with Gasteiger partial charge in [-0.3, -0.25) is 9.30 Å². The van der Waals surface area contributed by atoms with Crippen LogP contribution in [0.5, 0.6) is 0 Å². The number of hydrogen-bond acceptors (Lipinski definition) is 3. The van der Waals surface area contributed by atoms with Gasteiger partial charge in [0.05, 0.1) is 0 Å². The van der Waals surface area contributed by atoms with Crippen molar-refractivity contribution in [2.75, 3.05) is 25.4 Å². The number of nitrogens with zero attached hydrogens (tertiary/aromatic N) is 2. The third-order valence-electron chi connectivity index (χ3n) is 5.05. The fraction of sp³-hybridized carbons (Fsp3) is 0.696. The van der Waals surface area contributed by atoms with Crippen LogP contribution in [0.15, 0.2) is 23.2 Å². The Labute approximate surface area is 166 Å². The maximum Gasteiger partial charge on any atom is 0.0426 e. The van der Waals surface area contributed by atoms with E-state index in [0.717, 1.165) is 19.4 Å². The van der Waals surface area contributed by atoms with Crippen molar-refractivity contribution in [1.29, 1.82) is 0 Å². The summed E-state index contributed by atoms with van der Waals surface area (Å²) in [6, 6.07) is 7.12. The molecule has 26 heavy (non-hydrogen) atoms. The van der Waals surface area contributed by atoms with Crippen LogP contribution >= 0.6 is 11.9 Å². The van der Waals surface area contributed by atoms with Crippen LogP contribution in [-0.4, -0.2) is 35.4 Å². The topological polar surface area (TPSA) is 15.6 Å². The number of aryl methyl sites for hydroxylation is 2. The van der Waals surface area contributed by atoms with Crippen LogP contribution < -0.4 is 0 Å². The summed E-state index contributed by atoms with van der Waals surface area (Å²) in [5.41, 5.74) is 5.82. The van der Waals surface area contributed by atoms with Crippen LogP contribution in [0.1, 0.15) is 82.4 Å². The highest BCUT2D eigenvalue weighted by atomic mass is 32.2. The molecule has 0 aliphatic heterocycles. The van der Waals surface area contributed by atoms with Gasteiger partial charge in [0.15, 0.2) is 0 Å². The molecule has 0 saturated carbocycles. The van der Waals surface area contributed by atoms with Gasteiger partial charge < -0.3 is 0 Å². The minimum Gasteiger partial charge on any atom is -0.289 e. The lowest BCUT2D eigenvalue weighted by Crippen LogP contribution is -2.18. The first-order chi connectivity index (χ1) is 12.8. The Morgan fingerprint density at radius 3 is 2.58 bits per heavy atom. The van der Waals surface area contributed by atoms with Crippen molar-refractivity contribution in [2.45, 2.75) is 78.6 Å². The standard InChI is InChI=1S/C23H38N2S/c1-4-16-24-23-15-13-21-19-20(12-14-22(21)23)11-9-7-8-10-18-25(17-5-2)26-6-3/h12,14,19H,4-11,13,15-18H2,1-3H3. The molecule has 1 aliphatic rings. The number of benzene rings is 1. The summed E-state index contributed by atoms with van der Waals surface area (Å²) < 4.78 is 2.55. The average molecular weight is 375 g/mol. The van der Waals surface area contributed by atoms with E-state index in [-0.39, 0.29) is 0 Å². The highest BCUT2D eigenvalue weighted by molar-refractivity contribution is 7.96. The van der Waals surface area contributed by atoms with Crippen molar-refractivity contribution in [1.82, 2.24) is 4.31 Å². The molecule has 1 aromatic carbocycles. The molecule has 0 radical (unpaired) electrons. The van der Waals surface area contributed by atoms with Crippen LogP contribution in [0.3, 0.4) is 0 Å². The molecule has 2 rings (SSSR count). The Hall–Kier alpha value is -0.800. The summed E-state index contributed by atoms with van der Waals surface area (Å²) in [5, 5.41) is 0. The molecular formula is C23H38N2S. The van der Waals surface area contributed by atoms with Gasteiger partial charge in [0.1, 0.15) is 0 Å². The molecule has 0 spiro atoms. The number of unbranched alkanes of at least 4 members (excludes halogenated alkanes) is 3. The summed E-state index contributed by atoms with van der Waals surface area (Å²) in [7, 11) is 0. The molecule has 146 valence electrons. The third-order valence-corrected chi connectivity index (χ3v) is 6.03. The van der Waals surface area contributed by atoms with E-state index in [1.165, 1.54) is 86.2 Å². The predicted octanol–water partition coefficient (Wildman–Crippen LogP) is 6.31. The normalized spacial score (nSPS) is 15.2. The molecule has 0 N–H and O–H groups in total. The summed E-state index contributed by atoms with van der Waals surface area (Å²) in [6.07, 6.45) is 11.4. The van der Waals surface area contributed by atoms with Crippen LogP contribution in [0, 0.1) is 0 Å². The Bertz CT molecular complexity index is 547. The van der Waals surface area contributed by atoms with Crippen molar-refractivity contribution < 1.29 is 0 Å². The molecule has 0 aromatic heterocycles. The van der Waals surface area contributed by atoms with Crippen molar-refractivity contribution in [3.8, 4) is 0 Å². The molecular weight excluding hydrogens is 336 g/mol. The van der Waals surface area contributed by atoms with E-state index in [1.54, 1.807) is 0 Å². The van der Waals surface area contributed by atoms with Gasteiger partial charge in [0.25, 0.3) is 0 Å². The van der Waals surface area contributed by atoms with E-state index in [4.69, 9.17) is 4.99 Å². The molecule has 0 fully saturated rings. The van der Waals surface area contributed by atoms with Crippen molar-refractivity contribution in [3.63, 3.8) is 0 Å². The maximum atomic E-state index is 4.76. The number of fused-ring (bicyclic) bond motifs is 1. The monoisotopic (exact) mass is 374 g/mol. The Morgan fingerprint density at radius 2 is 1.81 bits per heavy atom. The zero-order chi connectivity index (χ0) is 18.6. The van der Waals surface area contributed by atoms with E-state index in [0.29, 0.717) is 0 Å². The lowest BCUT2D eigenvalue weighted by atomic mass is 10.0. The molecule has 1 aliphatic carbocycles. The van der Waals surface area contributed by atoms with Gasteiger partial charge in [-0.1, -0.05) is 63.8 Å². The second kappa shape index (κ2) is 12.6. The van der Waals surface area contributed by atoms with Crippen molar-refractivity contribution >= 4 is 17.7 Å². The lowest BCUT2D eigenvalue weighted by Gasteiger charge is -2.19. The smallest absolute Gasteiger partial charge is 0.0426 e. The molecule has 0 unspecified atom stereocenters. The second-order valence-corrected chi connectivity index (χ2v) is 8.68. The van der Waals surface area contributed by atoms with Gasteiger partial charge in [0.2, 0.25) is 0 Å². The average Bonchev–Trinajstić information content (AvgIpc) is 3.05. The van der Waals surface area contributed by atoms with Gasteiger partial charge in [-0.2, -0.15) is 0 Å². The third kappa shape index (κ3) is 7.08. The van der Waals surface area contributed by atoms with Crippen molar-refractivity contribution in [2.24, 2.45) is 4.99 Å². The SMILES string of the molecule is CCCN=C1CCc2cc(CCCCCCN(CCC)SCC)ccc21. The Kier molecular flexibility index (Phi) is 10.4. The fourth-order valence-electron chi connectivity index (χ4n) is 3.73. The van der Waals surface area contributed by atoms with Crippen molar-refractivity contribution in [3.05, 3.63) is 34.9 Å². The number of aliphatic imine (C=N–C) groups is 1. The molecule has 3 heteroatoms. The highest BCUT2D eigenvalue weighted by Gasteiger charge is 2.17. The zero-order valence-corrected chi connectivity index (χ0v) is 18.0. The molecule has 2 nitrogen and oxygen atoms in total.